The minimum absolute atomic E-state index is 0.192. The van der Waals surface area contributed by atoms with Crippen LogP contribution in [0.2, 0.25) is 0 Å². The average molecular weight is 1400 g/mol. The summed E-state index contributed by atoms with van der Waals surface area (Å²) in [6, 6.07) is 0. The van der Waals surface area contributed by atoms with Crippen LogP contribution in [-0.2, 0) is 53.2 Å². The van der Waals surface area contributed by atoms with Gasteiger partial charge >= 0.3 is 0 Å². The molecule has 16 aliphatic rings. The van der Waals surface area contributed by atoms with Gasteiger partial charge in [0, 0.05) is 47.5 Å². The van der Waals surface area contributed by atoms with Gasteiger partial charge in [-0.3, -0.25) is 23.7 Å². The van der Waals surface area contributed by atoms with Crippen LogP contribution >= 0.6 is 15.9 Å². The van der Waals surface area contributed by atoms with E-state index in [0.717, 1.165) is 172 Å². The summed E-state index contributed by atoms with van der Waals surface area (Å²) in [5, 5.41) is 49.6. The lowest BCUT2D eigenvalue weighted by molar-refractivity contribution is -0.133. The molecular weight excluding hydrogens is 1270 g/mol. The first kappa shape index (κ1) is 69.8. The first-order chi connectivity index (χ1) is 46.5. The molecule has 97 heavy (non-hydrogen) atoms. The van der Waals surface area contributed by atoms with Crippen molar-refractivity contribution in [1.82, 2.24) is 19.6 Å². The van der Waals surface area contributed by atoms with Crippen molar-refractivity contribution in [2.75, 3.05) is 5.33 Å². The maximum absolute atomic E-state index is 13.6. The second-order valence-electron chi connectivity index (χ2n) is 38.3. The molecule has 13 fully saturated rings. The molecule has 12 nitrogen and oxygen atoms in total. The predicted molar refractivity (Wildman–Crippen MR) is 388 cm³/mol. The van der Waals surface area contributed by atoms with E-state index in [9.17, 15) is 29.7 Å². The van der Waals surface area contributed by atoms with Crippen LogP contribution < -0.4 is 0 Å². The molecule has 0 saturated heterocycles. The van der Waals surface area contributed by atoms with Gasteiger partial charge in [0.2, 0.25) is 0 Å². The van der Waals surface area contributed by atoms with Crippen molar-refractivity contribution in [2.24, 2.45) is 139 Å². The maximum atomic E-state index is 13.6. The molecule has 0 bridgehead atoms. The molecule has 13 saturated carbocycles. The summed E-state index contributed by atoms with van der Waals surface area (Å²) in [4.78, 5) is 39.6. The van der Waals surface area contributed by atoms with Gasteiger partial charge in [0.1, 0.15) is 12.3 Å². The summed E-state index contributed by atoms with van der Waals surface area (Å²) in [6.07, 6.45) is 53.0. The molecule has 0 aromatic carbocycles. The summed E-state index contributed by atoms with van der Waals surface area (Å²) in [6.45, 7) is 14.5. The van der Waals surface area contributed by atoms with Crippen LogP contribution in [-0.4, -0.2) is 86.3 Å². The second kappa shape index (κ2) is 27.6. The van der Waals surface area contributed by atoms with Gasteiger partial charge in [-0.05, 0) is 381 Å². The van der Waals surface area contributed by atoms with E-state index >= 15 is 0 Å². The third-order valence-corrected chi connectivity index (χ3v) is 33.4. The second-order valence-corrected chi connectivity index (χ2v) is 38.8. The summed E-state index contributed by atoms with van der Waals surface area (Å²) in [5.41, 5.74) is 6.00. The number of hydrogen-bond acceptors (Lipinski definition) is 10. The fourth-order valence-corrected chi connectivity index (χ4v) is 28.6. The van der Waals surface area contributed by atoms with Crippen molar-refractivity contribution in [1.29, 1.82) is 0 Å². The Bertz CT molecular complexity index is 3220. The maximum Gasteiger partial charge on any atom is 0.157 e. The molecule has 536 valence electrons. The van der Waals surface area contributed by atoms with Gasteiger partial charge in [0.15, 0.2) is 11.6 Å². The van der Waals surface area contributed by atoms with Crippen molar-refractivity contribution >= 4 is 45.2 Å². The first-order valence-corrected chi connectivity index (χ1v) is 42.1. The highest BCUT2D eigenvalue weighted by Crippen LogP contribution is 2.68. The van der Waals surface area contributed by atoms with Crippen LogP contribution in [0.4, 0.5) is 0 Å². The number of aliphatic hydroxyl groups is 3. The molecule has 3 N–H and O–H groups in total. The molecule has 1 unspecified atom stereocenters. The van der Waals surface area contributed by atoms with Crippen LogP contribution in [0.25, 0.3) is 0 Å². The molecule has 0 spiro atoms. The van der Waals surface area contributed by atoms with Gasteiger partial charge in [0.05, 0.1) is 40.6 Å². The van der Waals surface area contributed by atoms with Crippen LogP contribution in [0, 0.1) is 129 Å². The van der Waals surface area contributed by atoms with Gasteiger partial charge in [0.25, 0.3) is 0 Å². The molecule has 1 aliphatic heterocycles. The standard InChI is InChI=1S/2C28H42N2O2.C21H33BrO2.C7H10N2/c1-27(32)13-11-20-18(15-27)7-8-22-21(20)12-14-28(2)23(22)9-10-24(28)26(31)17-30-16-19-5-3-4-6-25(19)29-30;1-27(32)13-11-20-18(15-27)7-8-22-21(20)12-14-28(2)23(22)9-10-24(28)26(31)17-30-25-6-4-3-5-19(25)16-29-30;1-20(24)9-7-14-13(11-20)3-4-16-15(14)8-10-21(2)17(16)5-6-18(21)19(23)12-22;1-2-4-7-6(3-1)5-8-9-7/h2*16,18,20-24,32H,3-15,17H2,1-2H3;13-18,24H,3-12H2,1-2H3;5-6H,1-4H2/t2*18-,20+,21-,22-,23+,24-,27-,28+;13-,14+,15-,16-,17+,18-,20-,21+;/m111./s1. The summed E-state index contributed by atoms with van der Waals surface area (Å²) >= 11 is 3.42. The van der Waals surface area contributed by atoms with E-state index in [1.54, 1.807) is 0 Å². The Morgan fingerprint density at radius 1 is 0.464 bits per heavy atom. The van der Waals surface area contributed by atoms with Crippen LogP contribution in [0.5, 0.6) is 0 Å². The molecule has 18 rings (SSSR count). The number of rotatable bonds is 8. The zero-order valence-electron chi connectivity index (χ0n) is 61.0. The monoisotopic (exact) mass is 1390 g/mol. The van der Waals surface area contributed by atoms with E-state index in [2.05, 4.69) is 76.7 Å². The number of nitrogens with zero attached hydrogens (tertiary/aromatic N) is 6. The molecule has 2 aromatic heterocycles. The van der Waals surface area contributed by atoms with Gasteiger partial charge in [-0.1, -0.05) is 43.1 Å². The van der Waals surface area contributed by atoms with Gasteiger partial charge in [-0.15, -0.1) is 0 Å². The number of hydrogen-bond donors (Lipinski definition) is 3. The minimum atomic E-state index is -0.437. The minimum Gasteiger partial charge on any atom is -0.390 e. The number of ketones is 3. The van der Waals surface area contributed by atoms with E-state index < -0.39 is 16.8 Å². The van der Waals surface area contributed by atoms with Crippen LogP contribution in [0.15, 0.2) is 22.6 Å². The molecule has 0 radical (unpaired) electrons. The fourth-order valence-electron chi connectivity index (χ4n) is 28.3. The Hall–Kier alpha value is -2.87. The smallest absolute Gasteiger partial charge is 0.157 e. The van der Waals surface area contributed by atoms with E-state index in [1.165, 1.54) is 195 Å². The summed E-state index contributed by atoms with van der Waals surface area (Å²) in [7, 11) is 0. The highest BCUT2D eigenvalue weighted by atomic mass is 79.9. The van der Waals surface area contributed by atoms with Crippen molar-refractivity contribution in [3.05, 3.63) is 34.9 Å². The number of alkyl halides is 1. The Morgan fingerprint density at radius 2 is 0.907 bits per heavy atom. The summed E-state index contributed by atoms with van der Waals surface area (Å²) in [5.74, 6) is 14.7. The number of aromatic nitrogens is 4. The number of carbonyl (C=O) groups is 3. The lowest BCUT2D eigenvalue weighted by Gasteiger charge is -2.56. The highest BCUT2D eigenvalue weighted by molar-refractivity contribution is 9.09. The summed E-state index contributed by atoms with van der Waals surface area (Å²) < 4.78 is 4.03. The van der Waals surface area contributed by atoms with Crippen molar-refractivity contribution in [2.45, 2.75) is 322 Å². The van der Waals surface area contributed by atoms with Crippen LogP contribution in [0.3, 0.4) is 0 Å². The lowest BCUT2D eigenvalue weighted by Crippen LogP contribution is -2.51. The molecular formula is C84H127BrN6O6. The molecule has 25 atom stereocenters. The van der Waals surface area contributed by atoms with Gasteiger partial charge in [-0.2, -0.15) is 20.4 Å². The topological polar surface area (TPSA) is 172 Å². The molecule has 3 heterocycles. The number of halogens is 1. The van der Waals surface area contributed by atoms with E-state index in [4.69, 9.17) is 5.10 Å². The zero-order valence-corrected chi connectivity index (χ0v) is 62.6. The van der Waals surface area contributed by atoms with Gasteiger partial charge < -0.3 is 15.3 Å². The molecule has 15 aliphatic carbocycles. The quantitative estimate of drug-likeness (QED) is 0.219. The first-order valence-electron chi connectivity index (χ1n) is 41.0. The Morgan fingerprint density at radius 3 is 1.39 bits per heavy atom. The highest BCUT2D eigenvalue weighted by Gasteiger charge is 2.62. The van der Waals surface area contributed by atoms with E-state index in [0.29, 0.717) is 47.6 Å². The molecule has 0 amide bonds. The predicted octanol–water partition coefficient (Wildman–Crippen LogP) is 17.3. The SMILES string of the molecule is C1=NN=C2CCCCC12.C[C@@]1(O)CC[C@H]2[C@H](CC[C@@H]3[C@@H]2CC[C@]2(C)[C@@H](C(=O)CBr)CC[C@@H]32)C1.C[C@@]1(O)CC[C@H]2[C@H](CC[C@@H]3[C@@H]2CC[C@]2(C)[C@@H](C(=O)Cn4cc5c(n4)CCCC5)CC[C@@H]32)C1.C[C@@]1(O)CC[C@H]2[C@H](CC[C@@H]3[C@@H]2CC[C@]2(C)[C@@H](C(=O)Cn4ncc5c4CCCC5)CC[C@@H]32)C1. The third kappa shape index (κ3) is 13.4. The van der Waals surface area contributed by atoms with E-state index in [-0.39, 0.29) is 28.1 Å². The Balaban J connectivity index is 0.000000113. The number of carbonyl (C=O) groups excluding carboxylic acids is 3. The Labute approximate surface area is 592 Å². The number of fused-ring (bicyclic) bond motifs is 18. The molecule has 2 aromatic rings. The Kier molecular flexibility index (Phi) is 19.9. The normalized spacial score (nSPS) is 46.3. The number of aryl methyl sites for hydroxylation is 3. The van der Waals surface area contributed by atoms with Gasteiger partial charge in [-0.25, -0.2) is 0 Å². The molecule has 13 heteroatoms. The third-order valence-electron chi connectivity index (χ3n) is 32.9. The largest absolute Gasteiger partial charge is 0.390 e. The van der Waals surface area contributed by atoms with E-state index in [1.807, 2.05) is 24.0 Å². The zero-order chi connectivity index (χ0) is 67.4. The van der Waals surface area contributed by atoms with Crippen LogP contribution in [0.1, 0.15) is 289 Å². The van der Waals surface area contributed by atoms with Crippen molar-refractivity contribution < 1.29 is 29.7 Å². The van der Waals surface area contributed by atoms with Crippen molar-refractivity contribution in [3.63, 3.8) is 0 Å². The number of Topliss-reactive ketones (excluding diaryl/α,β-unsaturated/α-hetero) is 3. The average Bonchev–Trinajstić information content (AvgIpc) is 1.69. The lowest BCUT2D eigenvalue weighted by atomic mass is 9.49. The fraction of sp³-hybridized carbons (Fsp3) is 0.869. The van der Waals surface area contributed by atoms with Crippen molar-refractivity contribution in [3.8, 4) is 0 Å².